The third-order valence-electron chi connectivity index (χ3n) is 4.34. The van der Waals surface area contributed by atoms with E-state index in [1.54, 1.807) is 10.6 Å². The largest absolute Gasteiger partial charge is 0.353 e. The van der Waals surface area contributed by atoms with E-state index in [1.807, 2.05) is 32.0 Å². The van der Waals surface area contributed by atoms with Crippen LogP contribution in [-0.2, 0) is 4.79 Å². The van der Waals surface area contributed by atoms with Gasteiger partial charge in [0.05, 0.1) is 16.7 Å². The van der Waals surface area contributed by atoms with E-state index < -0.39 is 0 Å². The van der Waals surface area contributed by atoms with E-state index >= 15 is 0 Å². The lowest BCUT2D eigenvalue weighted by atomic mass is 10.2. The summed E-state index contributed by atoms with van der Waals surface area (Å²) in [6, 6.07) is 7.56. The van der Waals surface area contributed by atoms with Crippen LogP contribution in [0.3, 0.4) is 0 Å². The van der Waals surface area contributed by atoms with Crippen molar-refractivity contribution in [3.63, 3.8) is 0 Å². The first-order chi connectivity index (χ1) is 11.5. The molecule has 1 aromatic carbocycles. The molecule has 1 fully saturated rings. The predicted octanol–water partition coefficient (Wildman–Crippen LogP) is 2.98. The van der Waals surface area contributed by atoms with Crippen molar-refractivity contribution in [3.8, 4) is 0 Å². The van der Waals surface area contributed by atoms with E-state index in [0.717, 1.165) is 0 Å². The van der Waals surface area contributed by atoms with Crippen LogP contribution in [0.15, 0.2) is 34.2 Å². The van der Waals surface area contributed by atoms with Crippen LogP contribution >= 0.6 is 11.8 Å². The Morgan fingerprint density at radius 3 is 2.71 bits per heavy atom. The second kappa shape index (κ2) is 6.97. The molecule has 1 aliphatic carbocycles. The highest BCUT2D eigenvalue weighted by Gasteiger charge is 2.28. The van der Waals surface area contributed by atoms with E-state index in [2.05, 4.69) is 17.2 Å². The first-order valence-corrected chi connectivity index (χ1v) is 9.39. The topological polar surface area (TPSA) is 64.0 Å². The monoisotopic (exact) mass is 345 g/mol. The zero-order valence-electron chi connectivity index (χ0n) is 14.3. The number of carbonyl (C=O) groups excluding carboxylic acids is 1. The molecular weight excluding hydrogens is 322 g/mol. The van der Waals surface area contributed by atoms with Crippen LogP contribution in [0.4, 0.5) is 0 Å². The van der Waals surface area contributed by atoms with E-state index in [0.29, 0.717) is 22.0 Å². The predicted molar refractivity (Wildman–Crippen MR) is 97.4 cm³/mol. The van der Waals surface area contributed by atoms with Crippen LogP contribution in [0.5, 0.6) is 0 Å². The Morgan fingerprint density at radius 2 is 2.04 bits per heavy atom. The van der Waals surface area contributed by atoms with Crippen LogP contribution in [0.2, 0.25) is 0 Å². The van der Waals surface area contributed by atoms with Crippen LogP contribution in [-0.4, -0.2) is 27.3 Å². The Labute approximate surface area is 145 Å². The Kier molecular flexibility index (Phi) is 4.94. The van der Waals surface area contributed by atoms with Gasteiger partial charge in [-0.2, -0.15) is 0 Å². The van der Waals surface area contributed by atoms with E-state index in [4.69, 9.17) is 0 Å². The fraction of sp³-hybridized carbons (Fsp3) is 0.500. The van der Waals surface area contributed by atoms with Crippen molar-refractivity contribution >= 4 is 28.6 Å². The lowest BCUT2D eigenvalue weighted by Crippen LogP contribution is -2.35. The molecule has 1 saturated carbocycles. The number of hydrogen-bond acceptors (Lipinski definition) is 4. The molecule has 0 unspecified atom stereocenters. The van der Waals surface area contributed by atoms with Gasteiger partial charge in [0.1, 0.15) is 0 Å². The molecule has 128 valence electrons. The van der Waals surface area contributed by atoms with Crippen LogP contribution in [0.25, 0.3) is 10.9 Å². The number of benzene rings is 1. The van der Waals surface area contributed by atoms with Gasteiger partial charge in [0.15, 0.2) is 5.16 Å². The summed E-state index contributed by atoms with van der Waals surface area (Å²) in [7, 11) is 0. The smallest absolute Gasteiger partial charge is 0.262 e. The van der Waals surface area contributed by atoms with Gasteiger partial charge in [-0.15, -0.1) is 0 Å². The van der Waals surface area contributed by atoms with Gasteiger partial charge in [0.2, 0.25) is 5.91 Å². The van der Waals surface area contributed by atoms with Gasteiger partial charge < -0.3 is 5.32 Å². The molecule has 3 rings (SSSR count). The number of carbonyl (C=O) groups is 1. The van der Waals surface area contributed by atoms with Crippen molar-refractivity contribution in [2.45, 2.75) is 50.9 Å². The van der Waals surface area contributed by atoms with Gasteiger partial charge in [-0.05, 0) is 51.7 Å². The van der Waals surface area contributed by atoms with Gasteiger partial charge in [-0.25, -0.2) is 4.98 Å². The van der Waals surface area contributed by atoms with Crippen molar-refractivity contribution < 1.29 is 4.79 Å². The maximum atomic E-state index is 12.7. The molecule has 1 amide bonds. The highest BCUT2D eigenvalue weighted by atomic mass is 32.2. The maximum Gasteiger partial charge on any atom is 0.262 e. The summed E-state index contributed by atoms with van der Waals surface area (Å²) in [5.74, 6) is 0.901. The summed E-state index contributed by atoms with van der Waals surface area (Å²) in [6.45, 7) is 5.97. The summed E-state index contributed by atoms with van der Waals surface area (Å²) in [5, 5.41) is 4.25. The lowest BCUT2D eigenvalue weighted by molar-refractivity contribution is -0.119. The number of para-hydroxylation sites is 1. The SMILES string of the molecule is CC(C)n1c(SCC(=O)N[C@H](C)C2CC2)nc2ccccc2c1=O. The zero-order valence-corrected chi connectivity index (χ0v) is 15.1. The van der Waals surface area contributed by atoms with E-state index in [-0.39, 0.29) is 29.3 Å². The minimum absolute atomic E-state index is 0.00267. The average molecular weight is 345 g/mol. The highest BCUT2D eigenvalue weighted by Crippen LogP contribution is 2.32. The van der Waals surface area contributed by atoms with E-state index in [1.165, 1.54) is 24.6 Å². The lowest BCUT2D eigenvalue weighted by Gasteiger charge is -2.17. The number of fused-ring (bicyclic) bond motifs is 1. The molecule has 1 aromatic heterocycles. The fourth-order valence-electron chi connectivity index (χ4n) is 2.82. The first kappa shape index (κ1) is 17.0. The van der Waals surface area contributed by atoms with Crippen molar-refractivity contribution in [1.82, 2.24) is 14.9 Å². The molecule has 0 aliphatic heterocycles. The molecule has 0 spiro atoms. The number of hydrogen-bond donors (Lipinski definition) is 1. The minimum Gasteiger partial charge on any atom is -0.353 e. The molecule has 0 bridgehead atoms. The molecular formula is C18H23N3O2S. The molecule has 24 heavy (non-hydrogen) atoms. The number of aromatic nitrogens is 2. The summed E-state index contributed by atoms with van der Waals surface area (Å²) >= 11 is 1.33. The fourth-order valence-corrected chi connectivity index (χ4v) is 3.76. The number of nitrogens with one attached hydrogen (secondary N) is 1. The third-order valence-corrected chi connectivity index (χ3v) is 5.29. The van der Waals surface area contributed by atoms with Crippen molar-refractivity contribution in [2.24, 2.45) is 5.92 Å². The Morgan fingerprint density at radius 1 is 1.33 bits per heavy atom. The zero-order chi connectivity index (χ0) is 17.3. The molecule has 2 aromatic rings. The van der Waals surface area contributed by atoms with E-state index in [9.17, 15) is 9.59 Å². The molecule has 1 aliphatic rings. The first-order valence-electron chi connectivity index (χ1n) is 8.41. The molecule has 1 atom stereocenters. The quantitative estimate of drug-likeness (QED) is 0.646. The Bertz CT molecular complexity index is 812. The average Bonchev–Trinajstić information content (AvgIpc) is 3.37. The number of thioether (sulfide) groups is 1. The van der Waals surface area contributed by atoms with Crippen LogP contribution < -0.4 is 10.9 Å². The Hall–Kier alpha value is -1.82. The Balaban J connectivity index is 1.81. The van der Waals surface area contributed by atoms with Gasteiger partial charge >= 0.3 is 0 Å². The molecule has 0 radical (unpaired) electrons. The van der Waals surface area contributed by atoms with Gasteiger partial charge in [-0.1, -0.05) is 23.9 Å². The summed E-state index contributed by atoms with van der Waals surface area (Å²) in [6.07, 6.45) is 2.40. The van der Waals surface area contributed by atoms with Crippen molar-refractivity contribution in [2.75, 3.05) is 5.75 Å². The number of amides is 1. The van der Waals surface area contributed by atoms with Crippen molar-refractivity contribution in [3.05, 3.63) is 34.6 Å². The molecule has 6 heteroatoms. The highest BCUT2D eigenvalue weighted by molar-refractivity contribution is 7.99. The number of rotatable bonds is 6. The second-order valence-electron chi connectivity index (χ2n) is 6.66. The normalized spacial score (nSPS) is 15.7. The standard InChI is InChI=1S/C18H23N3O2S/c1-11(2)21-17(23)14-6-4-5-7-15(14)20-18(21)24-10-16(22)19-12(3)13-8-9-13/h4-7,11-13H,8-10H2,1-3H3,(H,19,22)/t12-/m1/s1. The third kappa shape index (κ3) is 3.64. The van der Waals surface area contributed by atoms with Crippen molar-refractivity contribution in [1.29, 1.82) is 0 Å². The van der Waals surface area contributed by atoms with Crippen LogP contribution in [0, 0.1) is 5.92 Å². The molecule has 1 heterocycles. The van der Waals surface area contributed by atoms with Gasteiger partial charge in [-0.3, -0.25) is 14.2 Å². The van der Waals surface area contributed by atoms with Gasteiger partial charge in [0.25, 0.3) is 5.56 Å². The summed E-state index contributed by atoms with van der Waals surface area (Å²) < 4.78 is 1.67. The van der Waals surface area contributed by atoms with Gasteiger partial charge in [0, 0.05) is 12.1 Å². The molecule has 0 saturated heterocycles. The minimum atomic E-state index is -0.0511. The summed E-state index contributed by atoms with van der Waals surface area (Å²) in [4.78, 5) is 29.5. The van der Waals surface area contributed by atoms with Crippen LogP contribution in [0.1, 0.15) is 39.7 Å². The maximum absolute atomic E-state index is 12.7. The second-order valence-corrected chi connectivity index (χ2v) is 7.61. The number of nitrogens with zero attached hydrogens (tertiary/aromatic N) is 2. The summed E-state index contributed by atoms with van der Waals surface area (Å²) in [5.41, 5.74) is 0.624. The molecule has 1 N–H and O–H groups in total. The molecule has 5 nitrogen and oxygen atoms in total.